The fourth-order valence-electron chi connectivity index (χ4n) is 0.782. The predicted octanol–water partition coefficient (Wildman–Crippen LogP) is -0.130. The monoisotopic (exact) mass is 227 g/mol. The molecule has 3 N–H and O–H groups in total. The van der Waals surface area contributed by atoms with Crippen molar-refractivity contribution < 1.29 is 17.8 Å². The van der Waals surface area contributed by atoms with Crippen molar-refractivity contribution >= 4 is 27.8 Å². The van der Waals surface area contributed by atoms with E-state index in [4.69, 9.17) is 10.3 Å². The van der Waals surface area contributed by atoms with Crippen molar-refractivity contribution in [2.75, 3.05) is 6.26 Å². The highest BCUT2D eigenvalue weighted by Gasteiger charge is 2.30. The molecular formula is C6H13NO4S2. The first-order valence-electron chi connectivity index (χ1n) is 3.57. The second-order valence-electron chi connectivity index (χ2n) is 2.69. The Hall–Kier alpha value is -0.270. The zero-order valence-electron chi connectivity index (χ0n) is 7.43. The Bertz CT molecular complexity index is 274. The third-order valence-corrected chi connectivity index (χ3v) is 3.77. The van der Waals surface area contributed by atoms with E-state index in [1.807, 2.05) is 0 Å². The SMILES string of the molecule is CSC(C)CC(C(N)=O)S(=O)(=O)O. The summed E-state index contributed by atoms with van der Waals surface area (Å²) in [6, 6.07) is 0. The lowest BCUT2D eigenvalue weighted by Gasteiger charge is -2.13. The summed E-state index contributed by atoms with van der Waals surface area (Å²) < 4.78 is 30.0. The van der Waals surface area contributed by atoms with Crippen LogP contribution in [0.5, 0.6) is 0 Å². The van der Waals surface area contributed by atoms with Crippen LogP contribution in [0.2, 0.25) is 0 Å². The van der Waals surface area contributed by atoms with Gasteiger partial charge in [0.15, 0.2) is 5.25 Å². The number of carbonyl (C=O) groups excluding carboxylic acids is 1. The van der Waals surface area contributed by atoms with Crippen molar-refractivity contribution in [2.45, 2.75) is 23.8 Å². The van der Waals surface area contributed by atoms with Gasteiger partial charge in [0.25, 0.3) is 10.1 Å². The van der Waals surface area contributed by atoms with Gasteiger partial charge in [-0.05, 0) is 12.7 Å². The third kappa shape index (κ3) is 4.49. The van der Waals surface area contributed by atoms with Crippen LogP contribution in [0.25, 0.3) is 0 Å². The van der Waals surface area contributed by atoms with Crippen LogP contribution in [0.3, 0.4) is 0 Å². The van der Waals surface area contributed by atoms with Gasteiger partial charge in [-0.1, -0.05) is 6.92 Å². The minimum atomic E-state index is -4.36. The zero-order chi connectivity index (χ0) is 10.6. The van der Waals surface area contributed by atoms with Gasteiger partial charge in [-0.15, -0.1) is 0 Å². The van der Waals surface area contributed by atoms with E-state index in [0.717, 1.165) is 0 Å². The number of hydrogen-bond donors (Lipinski definition) is 2. The maximum absolute atomic E-state index is 10.7. The molecule has 1 amide bonds. The van der Waals surface area contributed by atoms with Gasteiger partial charge in [-0.25, -0.2) is 0 Å². The molecule has 0 bridgehead atoms. The van der Waals surface area contributed by atoms with Gasteiger partial charge in [-0.2, -0.15) is 20.2 Å². The number of hydrogen-bond acceptors (Lipinski definition) is 4. The minimum absolute atomic E-state index is 0.0370. The van der Waals surface area contributed by atoms with E-state index >= 15 is 0 Å². The Kier molecular flexibility index (Phi) is 4.72. The molecule has 0 spiro atoms. The Morgan fingerprint density at radius 1 is 1.62 bits per heavy atom. The topological polar surface area (TPSA) is 97.5 Å². The Labute approximate surface area is 81.8 Å². The highest BCUT2D eigenvalue weighted by atomic mass is 32.2. The number of rotatable bonds is 5. The molecule has 0 aliphatic rings. The first kappa shape index (κ1) is 12.7. The van der Waals surface area contributed by atoms with Crippen molar-refractivity contribution in [3.05, 3.63) is 0 Å². The molecule has 0 rings (SSSR count). The van der Waals surface area contributed by atoms with E-state index in [2.05, 4.69) is 0 Å². The van der Waals surface area contributed by atoms with Crippen molar-refractivity contribution in [1.29, 1.82) is 0 Å². The van der Waals surface area contributed by atoms with E-state index < -0.39 is 21.3 Å². The molecule has 13 heavy (non-hydrogen) atoms. The van der Waals surface area contributed by atoms with Crippen LogP contribution in [-0.4, -0.2) is 35.6 Å². The van der Waals surface area contributed by atoms with Gasteiger partial charge in [0, 0.05) is 5.25 Å². The van der Waals surface area contributed by atoms with E-state index in [1.54, 1.807) is 13.2 Å². The van der Waals surface area contributed by atoms with Gasteiger partial charge < -0.3 is 5.73 Å². The Morgan fingerprint density at radius 2 is 2.08 bits per heavy atom. The molecule has 0 aliphatic heterocycles. The van der Waals surface area contributed by atoms with Crippen LogP contribution < -0.4 is 5.73 Å². The van der Waals surface area contributed by atoms with Gasteiger partial charge in [0.05, 0.1) is 0 Å². The number of amides is 1. The summed E-state index contributed by atoms with van der Waals surface area (Å²) in [6.07, 6.45) is 1.82. The fraction of sp³-hybridized carbons (Fsp3) is 0.833. The smallest absolute Gasteiger partial charge is 0.276 e. The first-order valence-corrected chi connectivity index (χ1v) is 6.36. The predicted molar refractivity (Wildman–Crippen MR) is 52.1 cm³/mol. The highest BCUT2D eigenvalue weighted by Crippen LogP contribution is 2.16. The van der Waals surface area contributed by atoms with Gasteiger partial charge in [0.2, 0.25) is 5.91 Å². The molecule has 7 heteroatoms. The largest absolute Gasteiger partial charge is 0.368 e. The molecule has 0 radical (unpaired) electrons. The molecule has 0 saturated carbocycles. The fourth-order valence-corrected chi connectivity index (χ4v) is 2.11. The molecule has 5 nitrogen and oxygen atoms in total. The van der Waals surface area contributed by atoms with Crippen LogP contribution in [0.15, 0.2) is 0 Å². The molecule has 0 fully saturated rings. The average molecular weight is 227 g/mol. The molecule has 2 atom stereocenters. The summed E-state index contributed by atoms with van der Waals surface area (Å²) in [4.78, 5) is 10.7. The quantitative estimate of drug-likeness (QED) is 0.638. The number of nitrogens with two attached hydrogens (primary N) is 1. The summed E-state index contributed by atoms with van der Waals surface area (Å²) in [5, 5.41) is -1.53. The van der Waals surface area contributed by atoms with E-state index in [9.17, 15) is 13.2 Å². The summed E-state index contributed by atoms with van der Waals surface area (Å²) in [5.41, 5.74) is 4.84. The average Bonchev–Trinajstić information content (AvgIpc) is 1.96. The summed E-state index contributed by atoms with van der Waals surface area (Å²) in [6.45, 7) is 1.76. The highest BCUT2D eigenvalue weighted by molar-refractivity contribution is 7.99. The zero-order valence-corrected chi connectivity index (χ0v) is 9.06. The number of carbonyl (C=O) groups is 1. The Morgan fingerprint density at radius 3 is 2.31 bits per heavy atom. The molecule has 0 saturated heterocycles. The van der Waals surface area contributed by atoms with Crippen molar-refractivity contribution in [3.8, 4) is 0 Å². The second-order valence-corrected chi connectivity index (χ2v) is 5.56. The number of primary amides is 1. The normalized spacial score (nSPS) is 16.5. The van der Waals surface area contributed by atoms with E-state index in [-0.39, 0.29) is 11.7 Å². The van der Waals surface area contributed by atoms with Crippen LogP contribution in [0, 0.1) is 0 Å². The molecule has 2 unspecified atom stereocenters. The van der Waals surface area contributed by atoms with Crippen LogP contribution >= 0.6 is 11.8 Å². The molecular weight excluding hydrogens is 214 g/mol. The molecule has 0 aromatic heterocycles. The lowest BCUT2D eigenvalue weighted by atomic mass is 10.2. The molecule has 0 aliphatic carbocycles. The van der Waals surface area contributed by atoms with Crippen molar-refractivity contribution in [3.63, 3.8) is 0 Å². The van der Waals surface area contributed by atoms with Crippen molar-refractivity contribution in [2.24, 2.45) is 5.73 Å². The summed E-state index contributed by atoms with van der Waals surface area (Å²) in [7, 11) is -4.36. The summed E-state index contributed by atoms with van der Waals surface area (Å²) >= 11 is 1.40. The molecule has 0 heterocycles. The Balaban J connectivity index is 4.56. The molecule has 78 valence electrons. The second kappa shape index (κ2) is 4.83. The van der Waals surface area contributed by atoms with Gasteiger partial charge >= 0.3 is 0 Å². The van der Waals surface area contributed by atoms with Crippen LogP contribution in [0.4, 0.5) is 0 Å². The first-order chi connectivity index (χ1) is 5.79. The molecule has 0 aromatic carbocycles. The van der Waals surface area contributed by atoms with Gasteiger partial charge in [0.1, 0.15) is 0 Å². The third-order valence-electron chi connectivity index (χ3n) is 1.63. The van der Waals surface area contributed by atoms with Gasteiger partial charge in [-0.3, -0.25) is 9.35 Å². The lowest BCUT2D eigenvalue weighted by molar-refractivity contribution is -0.117. The maximum Gasteiger partial charge on any atom is 0.276 e. The molecule has 0 aromatic rings. The summed E-state index contributed by atoms with van der Waals surface area (Å²) in [5.74, 6) is -1.01. The van der Waals surface area contributed by atoms with E-state index in [0.29, 0.717) is 0 Å². The maximum atomic E-state index is 10.7. The van der Waals surface area contributed by atoms with Crippen LogP contribution in [-0.2, 0) is 14.9 Å². The standard InChI is InChI=1S/C6H13NO4S2/c1-4(12-2)3-5(6(7)8)13(9,10)11/h4-5H,3H2,1-2H3,(H2,7,8)(H,9,10,11). The van der Waals surface area contributed by atoms with Crippen LogP contribution in [0.1, 0.15) is 13.3 Å². The minimum Gasteiger partial charge on any atom is -0.368 e. The lowest BCUT2D eigenvalue weighted by Crippen LogP contribution is -2.37. The van der Waals surface area contributed by atoms with Crippen molar-refractivity contribution in [1.82, 2.24) is 0 Å². The number of thioether (sulfide) groups is 1. The van der Waals surface area contributed by atoms with E-state index in [1.165, 1.54) is 11.8 Å².